The zero-order chi connectivity index (χ0) is 10.4. The van der Waals surface area contributed by atoms with Crippen LogP contribution >= 0.6 is 0 Å². The predicted molar refractivity (Wildman–Crippen MR) is 60.8 cm³/mol. The average Bonchev–Trinajstić information content (AvgIpc) is 2.16. The summed E-state index contributed by atoms with van der Waals surface area (Å²) in [6.07, 6.45) is 1.13. The molecular weight excluding hydrogens is 174 g/mol. The molecule has 3 heteroatoms. The highest BCUT2D eigenvalue weighted by Gasteiger charge is 1.97. The summed E-state index contributed by atoms with van der Waals surface area (Å²) in [5.74, 6) is 5.87. The number of anilines is 1. The summed E-state index contributed by atoms with van der Waals surface area (Å²) >= 11 is 0. The van der Waals surface area contributed by atoms with Gasteiger partial charge >= 0.3 is 0 Å². The maximum atomic E-state index is 5.16. The first-order valence-corrected chi connectivity index (χ1v) is 4.98. The Morgan fingerprint density at radius 3 is 2.36 bits per heavy atom. The minimum absolute atomic E-state index is 0.587. The Bertz CT molecular complexity index is 254. The summed E-state index contributed by atoms with van der Waals surface area (Å²) in [5.41, 5.74) is 5.03. The molecule has 0 saturated carbocycles. The zero-order valence-electron chi connectivity index (χ0n) is 8.88. The van der Waals surface area contributed by atoms with Gasteiger partial charge in [-0.3, -0.25) is 5.84 Å². The Hall–Kier alpha value is -1.06. The molecule has 0 aliphatic carbocycles. The predicted octanol–water partition coefficient (Wildman–Crippen LogP) is 1.72. The van der Waals surface area contributed by atoms with Crippen molar-refractivity contribution in [3.63, 3.8) is 0 Å². The Labute approximate surface area is 85.7 Å². The molecule has 1 aromatic carbocycles. The Morgan fingerprint density at radius 1 is 1.21 bits per heavy atom. The molecular formula is C11H19N3. The van der Waals surface area contributed by atoms with Crippen LogP contribution in [0.25, 0.3) is 0 Å². The van der Waals surface area contributed by atoms with Gasteiger partial charge in [-0.05, 0) is 30.0 Å². The topological polar surface area (TPSA) is 50.1 Å². The third-order valence-corrected chi connectivity index (χ3v) is 1.99. The van der Waals surface area contributed by atoms with E-state index in [0.717, 1.165) is 12.1 Å². The van der Waals surface area contributed by atoms with Gasteiger partial charge < -0.3 is 5.32 Å². The first kappa shape index (κ1) is 11.0. The summed E-state index contributed by atoms with van der Waals surface area (Å²) in [7, 11) is 0. The van der Waals surface area contributed by atoms with Crippen LogP contribution in [0.1, 0.15) is 19.4 Å². The number of nitrogens with one attached hydrogen (secondary N) is 2. The third kappa shape index (κ3) is 3.77. The van der Waals surface area contributed by atoms with E-state index < -0.39 is 0 Å². The highest BCUT2D eigenvalue weighted by Crippen LogP contribution is 2.12. The zero-order valence-corrected chi connectivity index (χ0v) is 8.88. The van der Waals surface area contributed by atoms with E-state index in [1.807, 2.05) is 0 Å². The molecule has 0 saturated heterocycles. The minimum atomic E-state index is 0.587. The van der Waals surface area contributed by atoms with E-state index in [1.54, 1.807) is 0 Å². The molecule has 0 amide bonds. The van der Waals surface area contributed by atoms with Gasteiger partial charge in [-0.2, -0.15) is 0 Å². The van der Waals surface area contributed by atoms with Gasteiger partial charge in [-0.25, -0.2) is 5.43 Å². The Kier molecular flexibility index (Phi) is 4.43. The van der Waals surface area contributed by atoms with Crippen molar-refractivity contribution in [1.82, 2.24) is 5.43 Å². The molecule has 0 aliphatic rings. The van der Waals surface area contributed by atoms with Crippen LogP contribution in [0, 0.1) is 5.92 Å². The maximum Gasteiger partial charge on any atom is 0.0780 e. The van der Waals surface area contributed by atoms with Gasteiger partial charge in [0.2, 0.25) is 0 Å². The van der Waals surface area contributed by atoms with Crippen LogP contribution in [0.2, 0.25) is 0 Å². The number of hydrogen-bond acceptors (Lipinski definition) is 3. The first-order chi connectivity index (χ1) is 6.72. The second-order valence-electron chi connectivity index (χ2n) is 3.85. The summed E-state index contributed by atoms with van der Waals surface area (Å²) in [5, 5.41) is 3.14. The molecule has 3 nitrogen and oxygen atoms in total. The fraction of sp³-hybridized carbons (Fsp3) is 0.455. The lowest BCUT2D eigenvalue weighted by molar-refractivity contribution is 0.647. The van der Waals surface area contributed by atoms with Crippen LogP contribution in [0.15, 0.2) is 24.3 Å². The van der Waals surface area contributed by atoms with Gasteiger partial charge in [0.05, 0.1) is 6.67 Å². The Balaban J connectivity index is 2.50. The summed E-state index contributed by atoms with van der Waals surface area (Å²) in [6, 6.07) is 8.46. The van der Waals surface area contributed by atoms with Crippen molar-refractivity contribution in [2.75, 3.05) is 12.0 Å². The smallest absolute Gasteiger partial charge is 0.0780 e. The molecule has 14 heavy (non-hydrogen) atoms. The molecule has 0 heterocycles. The van der Waals surface area contributed by atoms with E-state index in [1.165, 1.54) is 5.56 Å². The first-order valence-electron chi connectivity index (χ1n) is 4.98. The van der Waals surface area contributed by atoms with E-state index in [0.29, 0.717) is 12.6 Å². The SMILES string of the molecule is CC(C)Cc1ccc(NCNN)cc1. The van der Waals surface area contributed by atoms with Crippen LogP contribution in [0.3, 0.4) is 0 Å². The maximum absolute atomic E-state index is 5.16. The largest absolute Gasteiger partial charge is 0.371 e. The highest BCUT2D eigenvalue weighted by molar-refractivity contribution is 5.44. The lowest BCUT2D eigenvalue weighted by atomic mass is 10.0. The van der Waals surface area contributed by atoms with E-state index in [4.69, 9.17) is 5.84 Å². The minimum Gasteiger partial charge on any atom is -0.371 e. The third-order valence-electron chi connectivity index (χ3n) is 1.99. The van der Waals surface area contributed by atoms with Gasteiger partial charge in [-0.1, -0.05) is 26.0 Å². The highest BCUT2D eigenvalue weighted by atomic mass is 15.3. The molecule has 0 aromatic heterocycles. The number of hydrogen-bond donors (Lipinski definition) is 3. The van der Waals surface area contributed by atoms with E-state index in [-0.39, 0.29) is 0 Å². The summed E-state index contributed by atoms with van der Waals surface area (Å²) < 4.78 is 0. The van der Waals surface area contributed by atoms with Crippen molar-refractivity contribution in [2.24, 2.45) is 11.8 Å². The standard InChI is InChI=1S/C11H19N3/c1-9(2)7-10-3-5-11(6-4-10)13-8-14-12/h3-6,9,13-14H,7-8,12H2,1-2H3. The second kappa shape index (κ2) is 5.62. The number of benzene rings is 1. The Morgan fingerprint density at radius 2 is 1.86 bits per heavy atom. The molecule has 0 unspecified atom stereocenters. The number of rotatable bonds is 5. The van der Waals surface area contributed by atoms with Crippen molar-refractivity contribution in [1.29, 1.82) is 0 Å². The molecule has 0 fully saturated rings. The summed E-state index contributed by atoms with van der Waals surface area (Å²) in [4.78, 5) is 0. The molecule has 4 N–H and O–H groups in total. The monoisotopic (exact) mass is 193 g/mol. The van der Waals surface area contributed by atoms with Crippen molar-refractivity contribution in [3.8, 4) is 0 Å². The number of hydrazine groups is 1. The molecule has 78 valence electrons. The van der Waals surface area contributed by atoms with Gasteiger partial charge in [0.25, 0.3) is 0 Å². The quantitative estimate of drug-likeness (QED) is 0.379. The fourth-order valence-corrected chi connectivity index (χ4v) is 1.38. The van der Waals surface area contributed by atoms with Crippen molar-refractivity contribution in [2.45, 2.75) is 20.3 Å². The lowest BCUT2D eigenvalue weighted by Crippen LogP contribution is -2.28. The lowest BCUT2D eigenvalue weighted by Gasteiger charge is -2.08. The van der Waals surface area contributed by atoms with Crippen LogP contribution in [-0.4, -0.2) is 6.67 Å². The van der Waals surface area contributed by atoms with Crippen LogP contribution in [0.5, 0.6) is 0 Å². The van der Waals surface area contributed by atoms with Crippen LogP contribution < -0.4 is 16.6 Å². The normalized spacial score (nSPS) is 10.6. The van der Waals surface area contributed by atoms with Crippen LogP contribution in [0.4, 0.5) is 5.69 Å². The molecule has 0 bridgehead atoms. The van der Waals surface area contributed by atoms with Crippen molar-refractivity contribution in [3.05, 3.63) is 29.8 Å². The molecule has 0 radical (unpaired) electrons. The fourth-order valence-electron chi connectivity index (χ4n) is 1.38. The average molecular weight is 193 g/mol. The molecule has 1 aromatic rings. The van der Waals surface area contributed by atoms with E-state index >= 15 is 0 Å². The molecule has 0 atom stereocenters. The molecule has 1 rings (SSSR count). The van der Waals surface area contributed by atoms with Gasteiger partial charge in [0.1, 0.15) is 0 Å². The van der Waals surface area contributed by atoms with Gasteiger partial charge in [-0.15, -0.1) is 0 Å². The van der Waals surface area contributed by atoms with Crippen molar-refractivity contribution < 1.29 is 0 Å². The second-order valence-corrected chi connectivity index (χ2v) is 3.85. The van der Waals surface area contributed by atoms with Gasteiger partial charge in [0.15, 0.2) is 0 Å². The number of nitrogens with two attached hydrogens (primary N) is 1. The van der Waals surface area contributed by atoms with E-state index in [2.05, 4.69) is 48.9 Å². The van der Waals surface area contributed by atoms with Gasteiger partial charge in [0, 0.05) is 5.69 Å². The van der Waals surface area contributed by atoms with E-state index in [9.17, 15) is 0 Å². The van der Waals surface area contributed by atoms with Crippen LogP contribution in [-0.2, 0) is 6.42 Å². The molecule has 0 aliphatic heterocycles. The van der Waals surface area contributed by atoms with Crippen molar-refractivity contribution >= 4 is 5.69 Å². The summed E-state index contributed by atoms with van der Waals surface area (Å²) in [6.45, 7) is 5.04. The molecule has 0 spiro atoms.